The fraction of sp³-hybridized carbons (Fsp3) is 1.00. The van der Waals surface area contributed by atoms with Crippen LogP contribution in [0.25, 0.3) is 0 Å². The van der Waals surface area contributed by atoms with Crippen LogP contribution in [0.3, 0.4) is 0 Å². The lowest BCUT2D eigenvalue weighted by Crippen LogP contribution is -2.60. The van der Waals surface area contributed by atoms with Crippen molar-refractivity contribution in [3.63, 3.8) is 0 Å². The van der Waals surface area contributed by atoms with E-state index in [1.54, 1.807) is 0 Å². The van der Waals surface area contributed by atoms with E-state index in [-0.39, 0.29) is 6.54 Å². The molecule has 2 saturated heterocycles. The van der Waals surface area contributed by atoms with Crippen molar-refractivity contribution in [2.45, 2.75) is 24.6 Å². The first-order valence-corrected chi connectivity index (χ1v) is 4.61. The molecule has 2 heterocycles. The predicted octanol–water partition coefficient (Wildman–Crippen LogP) is 0.321. The summed E-state index contributed by atoms with van der Waals surface area (Å²) < 4.78 is 30.7. The molecule has 3 nitrogen and oxygen atoms in total. The quantitative estimate of drug-likeness (QED) is 0.580. The van der Waals surface area contributed by atoms with Gasteiger partial charge in [0.05, 0.1) is 12.1 Å². The van der Waals surface area contributed by atoms with Gasteiger partial charge in [0.1, 0.15) is 0 Å². The highest BCUT2D eigenvalue weighted by molar-refractivity contribution is 4.92. The monoisotopic (exact) mass is 192 g/mol. The molecule has 0 unspecified atom stereocenters. The van der Waals surface area contributed by atoms with Crippen LogP contribution in [0, 0.1) is 0 Å². The molecule has 0 amide bonds. The van der Waals surface area contributed by atoms with Crippen LogP contribution in [-0.2, 0) is 4.74 Å². The van der Waals surface area contributed by atoms with E-state index in [1.165, 1.54) is 0 Å². The van der Waals surface area contributed by atoms with Crippen LogP contribution in [-0.4, -0.2) is 37.9 Å². The van der Waals surface area contributed by atoms with Crippen molar-refractivity contribution in [2.24, 2.45) is 0 Å². The van der Waals surface area contributed by atoms with Crippen LogP contribution in [0.4, 0.5) is 8.78 Å². The largest absolute Gasteiger partial charge is 0.368 e. The average Bonchev–Trinajstić information content (AvgIpc) is 2.03. The highest BCUT2D eigenvalue weighted by Crippen LogP contribution is 2.32. The minimum atomic E-state index is -2.99. The zero-order valence-electron chi connectivity index (χ0n) is 7.41. The van der Waals surface area contributed by atoms with Crippen molar-refractivity contribution in [3.8, 4) is 0 Å². The Kier molecular flexibility index (Phi) is 2.25. The Balaban J connectivity index is 2.04. The van der Waals surface area contributed by atoms with E-state index in [0.29, 0.717) is 19.4 Å². The van der Waals surface area contributed by atoms with E-state index in [2.05, 4.69) is 10.6 Å². The van der Waals surface area contributed by atoms with Crippen LogP contribution < -0.4 is 10.6 Å². The maximum atomic E-state index is 12.9. The Morgan fingerprint density at radius 3 is 2.31 bits per heavy atom. The van der Waals surface area contributed by atoms with Gasteiger partial charge in [-0.15, -0.1) is 0 Å². The molecule has 0 saturated carbocycles. The fourth-order valence-corrected chi connectivity index (χ4v) is 1.99. The molecule has 5 heteroatoms. The van der Waals surface area contributed by atoms with E-state index in [0.717, 1.165) is 13.1 Å². The summed E-state index contributed by atoms with van der Waals surface area (Å²) in [7, 11) is 0. The average molecular weight is 192 g/mol. The molecule has 2 fully saturated rings. The molecular formula is C8H14F2N2O. The van der Waals surface area contributed by atoms with Crippen molar-refractivity contribution < 1.29 is 13.5 Å². The topological polar surface area (TPSA) is 33.3 Å². The minimum absolute atomic E-state index is 0.359. The van der Waals surface area contributed by atoms with Gasteiger partial charge < -0.3 is 15.4 Å². The molecule has 2 aliphatic rings. The third kappa shape index (κ3) is 1.98. The first-order chi connectivity index (χ1) is 6.12. The van der Waals surface area contributed by atoms with Crippen LogP contribution in [0.1, 0.15) is 12.8 Å². The summed E-state index contributed by atoms with van der Waals surface area (Å²) in [5.74, 6) is 0. The highest BCUT2D eigenvalue weighted by atomic mass is 19.3. The zero-order valence-corrected chi connectivity index (χ0v) is 7.41. The zero-order chi connectivity index (χ0) is 9.36. The fourth-order valence-electron chi connectivity index (χ4n) is 1.99. The number of ether oxygens (including phenoxy) is 1. The number of rotatable bonds is 0. The lowest BCUT2D eigenvalue weighted by atomic mass is 9.91. The molecule has 2 N–H and O–H groups in total. The smallest absolute Gasteiger partial charge is 0.317 e. The number of nitrogens with one attached hydrogen (secondary N) is 2. The Morgan fingerprint density at radius 1 is 1.00 bits per heavy atom. The summed E-state index contributed by atoms with van der Waals surface area (Å²) >= 11 is 0. The maximum absolute atomic E-state index is 12.9. The number of morpholine rings is 1. The summed E-state index contributed by atoms with van der Waals surface area (Å²) in [4.78, 5) is 0. The van der Waals surface area contributed by atoms with E-state index in [9.17, 15) is 8.78 Å². The molecule has 0 radical (unpaired) electrons. The van der Waals surface area contributed by atoms with Gasteiger partial charge in [-0.1, -0.05) is 0 Å². The van der Waals surface area contributed by atoms with E-state index < -0.39 is 11.7 Å². The normalized spacial score (nSPS) is 31.8. The minimum Gasteiger partial charge on any atom is -0.317 e. The van der Waals surface area contributed by atoms with Crippen molar-refractivity contribution in [1.82, 2.24) is 10.6 Å². The van der Waals surface area contributed by atoms with Gasteiger partial charge in [-0.25, -0.2) is 0 Å². The Morgan fingerprint density at radius 2 is 1.69 bits per heavy atom. The summed E-state index contributed by atoms with van der Waals surface area (Å²) in [6.07, 6.45) is -1.67. The van der Waals surface area contributed by atoms with Gasteiger partial charge in [0.15, 0.2) is 0 Å². The van der Waals surface area contributed by atoms with Gasteiger partial charge in [-0.05, 0) is 25.9 Å². The van der Waals surface area contributed by atoms with E-state index >= 15 is 0 Å². The molecule has 2 rings (SSSR count). The summed E-state index contributed by atoms with van der Waals surface area (Å²) in [5.41, 5.74) is -0.632. The number of hydrogen-bond acceptors (Lipinski definition) is 3. The molecule has 0 aliphatic carbocycles. The highest BCUT2D eigenvalue weighted by Gasteiger charge is 2.46. The molecule has 1 spiro atoms. The molecule has 0 aromatic rings. The number of halogens is 2. The van der Waals surface area contributed by atoms with Gasteiger partial charge in [0.2, 0.25) is 0 Å². The van der Waals surface area contributed by atoms with Crippen LogP contribution in [0.5, 0.6) is 0 Å². The molecule has 0 aromatic carbocycles. The van der Waals surface area contributed by atoms with Gasteiger partial charge >= 0.3 is 6.11 Å². The van der Waals surface area contributed by atoms with Crippen LogP contribution in [0.2, 0.25) is 0 Å². The van der Waals surface area contributed by atoms with E-state index in [1.807, 2.05) is 0 Å². The summed E-state index contributed by atoms with van der Waals surface area (Å²) in [6.45, 7) is 1.71. The Bertz CT molecular complexity index is 187. The molecule has 0 aromatic heterocycles. The number of hydrogen-bond donors (Lipinski definition) is 2. The maximum Gasteiger partial charge on any atom is 0.368 e. The molecule has 76 valence electrons. The Labute approximate surface area is 75.8 Å². The third-order valence-electron chi connectivity index (χ3n) is 2.66. The molecular weight excluding hydrogens is 178 g/mol. The second kappa shape index (κ2) is 3.15. The third-order valence-corrected chi connectivity index (χ3v) is 2.66. The first kappa shape index (κ1) is 9.30. The van der Waals surface area contributed by atoms with Gasteiger partial charge in [-0.2, -0.15) is 8.78 Å². The predicted molar refractivity (Wildman–Crippen MR) is 43.7 cm³/mol. The van der Waals surface area contributed by atoms with Crippen LogP contribution >= 0.6 is 0 Å². The number of piperidine rings is 1. The van der Waals surface area contributed by atoms with Gasteiger partial charge in [0, 0.05) is 6.54 Å². The molecule has 2 aliphatic heterocycles. The lowest BCUT2D eigenvalue weighted by molar-refractivity contribution is -0.312. The number of alkyl halides is 2. The van der Waals surface area contributed by atoms with Crippen molar-refractivity contribution in [2.75, 3.05) is 26.2 Å². The molecule has 0 atom stereocenters. The Hall–Kier alpha value is -0.260. The second-order valence-electron chi connectivity index (χ2n) is 3.78. The summed E-state index contributed by atoms with van der Waals surface area (Å²) in [6, 6.07) is 0. The van der Waals surface area contributed by atoms with Crippen molar-refractivity contribution in [3.05, 3.63) is 0 Å². The van der Waals surface area contributed by atoms with Gasteiger partial charge in [-0.3, -0.25) is 0 Å². The van der Waals surface area contributed by atoms with Crippen LogP contribution in [0.15, 0.2) is 0 Å². The first-order valence-electron chi connectivity index (χ1n) is 4.61. The SMILES string of the molecule is FC1(F)CNCC2(CCNCC2)O1. The lowest BCUT2D eigenvalue weighted by Gasteiger charge is -2.43. The van der Waals surface area contributed by atoms with Crippen molar-refractivity contribution >= 4 is 0 Å². The summed E-state index contributed by atoms with van der Waals surface area (Å²) in [5, 5.41) is 5.86. The standard InChI is InChI=1S/C8H14F2N2O/c9-8(10)6-12-5-7(13-8)1-3-11-4-2-7/h11-12H,1-6H2. The molecule has 13 heavy (non-hydrogen) atoms. The second-order valence-corrected chi connectivity index (χ2v) is 3.78. The van der Waals surface area contributed by atoms with E-state index in [4.69, 9.17) is 4.74 Å². The molecule has 0 bridgehead atoms. The van der Waals surface area contributed by atoms with Gasteiger partial charge in [0.25, 0.3) is 0 Å². The van der Waals surface area contributed by atoms with Crippen molar-refractivity contribution in [1.29, 1.82) is 0 Å².